The van der Waals surface area contributed by atoms with Crippen LogP contribution in [0, 0.1) is 0 Å². The predicted molar refractivity (Wildman–Crippen MR) is 101 cm³/mol. The molecule has 2 aliphatic heterocycles. The highest BCUT2D eigenvalue weighted by Crippen LogP contribution is 2.23. The van der Waals surface area contributed by atoms with Crippen molar-refractivity contribution in [2.75, 3.05) is 19.6 Å². The predicted octanol–water partition coefficient (Wildman–Crippen LogP) is -0.391. The minimum absolute atomic E-state index is 0.00781. The van der Waals surface area contributed by atoms with Crippen molar-refractivity contribution in [2.24, 2.45) is 0 Å². The Labute approximate surface area is 167 Å². The zero-order valence-corrected chi connectivity index (χ0v) is 15.9. The molecule has 0 spiro atoms. The number of nitrogens with one attached hydrogen (secondary N) is 2. The number of amides is 5. The van der Waals surface area contributed by atoms with Gasteiger partial charge < -0.3 is 10.1 Å². The van der Waals surface area contributed by atoms with E-state index in [1.54, 1.807) is 12.1 Å². The van der Waals surface area contributed by atoms with Gasteiger partial charge in [0.2, 0.25) is 17.7 Å². The Hall–Kier alpha value is -3.43. The maximum absolute atomic E-state index is 13.1. The molecule has 1 aromatic carbocycles. The van der Waals surface area contributed by atoms with Gasteiger partial charge in [-0.05, 0) is 18.4 Å². The number of fused-ring (bicyclic) bond motifs is 1. The van der Waals surface area contributed by atoms with Gasteiger partial charge >= 0.3 is 6.03 Å². The number of hydrogen-bond donors (Lipinski definition) is 2. The standard InChI is InChI=1S/C19H23N5O5/c25-12-9-20-18(28)15-7-4-10-23-17(27)8-11-22(19(29)24(15)23)21-16(26)13-14-5-2-1-3-6-14/h1-3,5-6,12,15H,4,7-11,13H2,(H,20,28)(H,21,26). The largest absolute Gasteiger partial charge is 0.358 e. The van der Waals surface area contributed by atoms with E-state index >= 15 is 0 Å². The maximum Gasteiger partial charge on any atom is 0.358 e. The molecule has 3 rings (SSSR count). The van der Waals surface area contributed by atoms with Crippen LogP contribution >= 0.6 is 0 Å². The number of urea groups is 1. The van der Waals surface area contributed by atoms with Crippen LogP contribution in [0.15, 0.2) is 30.3 Å². The Morgan fingerprint density at radius 3 is 2.62 bits per heavy atom. The number of hydrogen-bond acceptors (Lipinski definition) is 5. The minimum Gasteiger partial charge on any atom is -0.347 e. The van der Waals surface area contributed by atoms with E-state index in [1.165, 1.54) is 5.01 Å². The fourth-order valence-corrected chi connectivity index (χ4v) is 3.45. The van der Waals surface area contributed by atoms with Crippen LogP contribution in [-0.2, 0) is 25.6 Å². The van der Waals surface area contributed by atoms with Crippen molar-refractivity contribution < 1.29 is 24.0 Å². The molecule has 0 saturated carbocycles. The molecule has 10 nitrogen and oxygen atoms in total. The van der Waals surface area contributed by atoms with Crippen LogP contribution < -0.4 is 10.7 Å². The first-order valence-corrected chi connectivity index (χ1v) is 9.47. The van der Waals surface area contributed by atoms with E-state index in [9.17, 15) is 24.0 Å². The fourth-order valence-electron chi connectivity index (χ4n) is 3.45. The van der Waals surface area contributed by atoms with Gasteiger partial charge in [-0.25, -0.2) is 19.8 Å². The molecule has 2 aliphatic rings. The average Bonchev–Trinajstić information content (AvgIpc) is 2.85. The third-order valence-corrected chi connectivity index (χ3v) is 4.80. The molecule has 10 heteroatoms. The van der Waals surface area contributed by atoms with Crippen LogP contribution in [0.4, 0.5) is 4.79 Å². The Morgan fingerprint density at radius 1 is 1.14 bits per heavy atom. The fraction of sp³-hybridized carbons (Fsp3) is 0.421. The molecule has 2 saturated heterocycles. The number of carbonyl (C=O) groups excluding carboxylic acids is 5. The van der Waals surface area contributed by atoms with E-state index in [2.05, 4.69) is 10.7 Å². The molecule has 2 fully saturated rings. The molecule has 5 amide bonds. The lowest BCUT2D eigenvalue weighted by Crippen LogP contribution is -2.64. The molecule has 2 heterocycles. The molecule has 0 aromatic heterocycles. The van der Waals surface area contributed by atoms with Gasteiger partial charge in [0.05, 0.1) is 19.5 Å². The lowest BCUT2D eigenvalue weighted by Gasteiger charge is -2.42. The summed E-state index contributed by atoms with van der Waals surface area (Å²) in [6, 6.07) is 7.49. The Balaban J connectivity index is 1.75. The van der Waals surface area contributed by atoms with Gasteiger partial charge in [-0.1, -0.05) is 30.3 Å². The maximum atomic E-state index is 13.1. The number of benzene rings is 1. The normalized spacial score (nSPS) is 19.3. The second-order valence-electron chi connectivity index (χ2n) is 6.81. The molecule has 0 aliphatic carbocycles. The van der Waals surface area contributed by atoms with Gasteiger partial charge in [-0.2, -0.15) is 0 Å². The van der Waals surface area contributed by atoms with Crippen LogP contribution in [-0.4, -0.2) is 70.7 Å². The number of nitrogens with zero attached hydrogens (tertiary/aromatic N) is 3. The van der Waals surface area contributed by atoms with Gasteiger partial charge in [0.15, 0.2) is 0 Å². The van der Waals surface area contributed by atoms with Gasteiger partial charge in [0.25, 0.3) is 0 Å². The van der Waals surface area contributed by atoms with E-state index in [-0.39, 0.29) is 31.8 Å². The number of hydrazine groups is 2. The first-order chi connectivity index (χ1) is 14.0. The molecule has 29 heavy (non-hydrogen) atoms. The number of carbonyl (C=O) groups is 5. The topological polar surface area (TPSA) is 119 Å². The lowest BCUT2D eigenvalue weighted by atomic mass is 10.1. The second-order valence-corrected chi connectivity index (χ2v) is 6.81. The Bertz CT molecular complexity index is 799. The molecular weight excluding hydrogens is 378 g/mol. The molecular formula is C19H23N5O5. The summed E-state index contributed by atoms with van der Waals surface area (Å²) in [7, 11) is 0. The van der Waals surface area contributed by atoms with Crippen LogP contribution in [0.2, 0.25) is 0 Å². The average molecular weight is 401 g/mol. The number of aldehydes is 1. The van der Waals surface area contributed by atoms with Crippen molar-refractivity contribution in [1.29, 1.82) is 0 Å². The van der Waals surface area contributed by atoms with Crippen LogP contribution in [0.3, 0.4) is 0 Å². The summed E-state index contributed by atoms with van der Waals surface area (Å²) in [5, 5.41) is 5.88. The molecule has 1 aromatic rings. The first kappa shape index (κ1) is 20.3. The van der Waals surface area contributed by atoms with E-state index < -0.39 is 23.9 Å². The van der Waals surface area contributed by atoms with Crippen molar-refractivity contribution in [3.8, 4) is 0 Å². The second kappa shape index (κ2) is 9.18. The summed E-state index contributed by atoms with van der Waals surface area (Å²) >= 11 is 0. The van der Waals surface area contributed by atoms with Crippen LogP contribution in [0.25, 0.3) is 0 Å². The van der Waals surface area contributed by atoms with Crippen molar-refractivity contribution in [3.63, 3.8) is 0 Å². The Morgan fingerprint density at radius 2 is 1.90 bits per heavy atom. The van der Waals surface area contributed by atoms with Crippen molar-refractivity contribution in [3.05, 3.63) is 35.9 Å². The molecule has 0 bridgehead atoms. The molecule has 1 atom stereocenters. The summed E-state index contributed by atoms with van der Waals surface area (Å²) in [6.07, 6.45) is 1.55. The smallest absolute Gasteiger partial charge is 0.347 e. The minimum atomic E-state index is -0.924. The van der Waals surface area contributed by atoms with Crippen LogP contribution in [0.1, 0.15) is 24.8 Å². The van der Waals surface area contributed by atoms with Crippen LogP contribution in [0.5, 0.6) is 0 Å². The first-order valence-electron chi connectivity index (χ1n) is 9.47. The summed E-state index contributed by atoms with van der Waals surface area (Å²) in [4.78, 5) is 61.0. The monoisotopic (exact) mass is 401 g/mol. The molecule has 2 N–H and O–H groups in total. The van der Waals surface area contributed by atoms with Gasteiger partial charge in [-0.15, -0.1) is 0 Å². The summed E-state index contributed by atoms with van der Waals surface area (Å²) in [5.41, 5.74) is 3.34. The molecule has 1 unspecified atom stereocenters. The summed E-state index contributed by atoms with van der Waals surface area (Å²) in [6.45, 7) is 0.143. The van der Waals surface area contributed by atoms with Gasteiger partial charge in [0, 0.05) is 13.0 Å². The quantitative estimate of drug-likeness (QED) is 0.629. The highest BCUT2D eigenvalue weighted by atomic mass is 16.2. The van der Waals surface area contributed by atoms with Gasteiger partial charge in [-0.3, -0.25) is 19.8 Å². The SMILES string of the molecule is O=CCNC(=O)C1CCCN2C(=O)CCN(NC(=O)Cc3ccccc3)C(=O)N12. The Kier molecular flexibility index (Phi) is 6.43. The third-order valence-electron chi connectivity index (χ3n) is 4.80. The van der Waals surface area contributed by atoms with Crippen molar-refractivity contribution in [2.45, 2.75) is 31.7 Å². The zero-order chi connectivity index (χ0) is 20.8. The van der Waals surface area contributed by atoms with E-state index in [0.717, 1.165) is 15.6 Å². The highest BCUT2D eigenvalue weighted by Gasteiger charge is 2.43. The summed E-state index contributed by atoms with van der Waals surface area (Å²) in [5.74, 6) is -1.21. The highest BCUT2D eigenvalue weighted by molar-refractivity contribution is 5.92. The zero-order valence-electron chi connectivity index (χ0n) is 15.9. The van der Waals surface area contributed by atoms with Crippen molar-refractivity contribution >= 4 is 30.0 Å². The lowest BCUT2D eigenvalue weighted by molar-refractivity contribution is -0.155. The van der Waals surface area contributed by atoms with E-state index in [0.29, 0.717) is 25.7 Å². The van der Waals surface area contributed by atoms with E-state index in [4.69, 9.17) is 0 Å². The number of rotatable bonds is 6. The molecule has 154 valence electrons. The van der Waals surface area contributed by atoms with Gasteiger partial charge in [0.1, 0.15) is 12.3 Å². The third kappa shape index (κ3) is 4.71. The van der Waals surface area contributed by atoms with E-state index in [1.807, 2.05) is 18.2 Å². The molecule has 0 radical (unpaired) electrons. The van der Waals surface area contributed by atoms with Crippen molar-refractivity contribution in [1.82, 2.24) is 25.8 Å². The summed E-state index contributed by atoms with van der Waals surface area (Å²) < 4.78 is 0.